The van der Waals surface area contributed by atoms with Gasteiger partial charge in [-0.15, -0.1) is 10.2 Å². The van der Waals surface area contributed by atoms with Gasteiger partial charge in [0.15, 0.2) is 0 Å². The molecule has 0 aromatic carbocycles. The molecule has 17 heavy (non-hydrogen) atoms. The van der Waals surface area contributed by atoms with Crippen LogP contribution in [0.5, 0.6) is 0 Å². The predicted octanol–water partition coefficient (Wildman–Crippen LogP) is 4.53. The third kappa shape index (κ3) is 7.94. The highest BCUT2D eigenvalue weighted by molar-refractivity contribution is 4.72. The van der Waals surface area contributed by atoms with E-state index in [4.69, 9.17) is 4.42 Å². The van der Waals surface area contributed by atoms with Gasteiger partial charge in [-0.25, -0.2) is 0 Å². The fourth-order valence-corrected chi connectivity index (χ4v) is 2.07. The Labute approximate surface area is 105 Å². The van der Waals surface area contributed by atoms with Crippen molar-refractivity contribution in [1.29, 1.82) is 0 Å². The molecule has 0 amide bonds. The van der Waals surface area contributed by atoms with Gasteiger partial charge < -0.3 is 4.42 Å². The normalized spacial score (nSPS) is 10.9. The van der Waals surface area contributed by atoms with E-state index in [9.17, 15) is 0 Å². The Morgan fingerprint density at radius 2 is 1.47 bits per heavy atom. The highest BCUT2D eigenvalue weighted by Crippen LogP contribution is 2.11. The van der Waals surface area contributed by atoms with Crippen LogP contribution in [0.4, 0.5) is 0 Å². The van der Waals surface area contributed by atoms with Crippen LogP contribution in [0.25, 0.3) is 0 Å². The second kappa shape index (κ2) is 10.3. The van der Waals surface area contributed by atoms with Crippen molar-refractivity contribution in [2.24, 2.45) is 0 Å². The topological polar surface area (TPSA) is 38.9 Å². The smallest absolute Gasteiger partial charge is 0.216 e. The van der Waals surface area contributed by atoms with Gasteiger partial charge in [-0.2, -0.15) is 0 Å². The molecule has 1 aromatic heterocycles. The van der Waals surface area contributed by atoms with Gasteiger partial charge in [0.25, 0.3) is 0 Å². The summed E-state index contributed by atoms with van der Waals surface area (Å²) in [5.41, 5.74) is 0. The lowest BCUT2D eigenvalue weighted by Crippen LogP contribution is -1.87. The molecule has 0 spiro atoms. The van der Waals surface area contributed by atoms with E-state index in [1.165, 1.54) is 70.6 Å². The molecule has 0 N–H and O–H groups in total. The van der Waals surface area contributed by atoms with Crippen LogP contribution >= 0.6 is 0 Å². The van der Waals surface area contributed by atoms with Gasteiger partial charge in [0.1, 0.15) is 0 Å². The second-order valence-electron chi connectivity index (χ2n) is 4.76. The molecule has 0 aliphatic heterocycles. The molecule has 0 saturated heterocycles. The van der Waals surface area contributed by atoms with Gasteiger partial charge in [0, 0.05) is 6.42 Å². The average molecular weight is 238 g/mol. The molecule has 0 atom stereocenters. The van der Waals surface area contributed by atoms with Gasteiger partial charge in [-0.1, -0.05) is 64.7 Å². The molecule has 0 aliphatic rings. The van der Waals surface area contributed by atoms with Crippen LogP contribution in [0.3, 0.4) is 0 Å². The van der Waals surface area contributed by atoms with Crippen molar-refractivity contribution in [2.45, 2.75) is 77.6 Å². The number of hydrogen-bond donors (Lipinski definition) is 0. The SMILES string of the molecule is CCCCCCCCCCCCc1nnco1. The first-order valence-electron chi connectivity index (χ1n) is 7.18. The van der Waals surface area contributed by atoms with Crippen LogP contribution in [-0.4, -0.2) is 10.2 Å². The first-order valence-corrected chi connectivity index (χ1v) is 7.18. The summed E-state index contributed by atoms with van der Waals surface area (Å²) in [6.45, 7) is 2.27. The van der Waals surface area contributed by atoms with Crippen LogP contribution in [0.1, 0.15) is 77.0 Å². The third-order valence-corrected chi connectivity index (χ3v) is 3.15. The van der Waals surface area contributed by atoms with E-state index in [-0.39, 0.29) is 0 Å². The number of unbranched alkanes of at least 4 members (excludes halogenated alkanes) is 9. The maximum atomic E-state index is 5.09. The van der Waals surface area contributed by atoms with Crippen molar-refractivity contribution >= 4 is 0 Å². The van der Waals surface area contributed by atoms with E-state index in [1.807, 2.05) is 0 Å². The molecule has 0 unspecified atom stereocenters. The molecule has 1 aromatic rings. The number of nitrogens with zero attached hydrogens (tertiary/aromatic N) is 2. The van der Waals surface area contributed by atoms with E-state index in [0.717, 1.165) is 12.3 Å². The summed E-state index contributed by atoms with van der Waals surface area (Å²) in [6, 6.07) is 0. The fraction of sp³-hybridized carbons (Fsp3) is 0.857. The van der Waals surface area contributed by atoms with Gasteiger partial charge >= 0.3 is 0 Å². The van der Waals surface area contributed by atoms with Crippen molar-refractivity contribution in [1.82, 2.24) is 10.2 Å². The lowest BCUT2D eigenvalue weighted by molar-refractivity contribution is 0.475. The quantitative estimate of drug-likeness (QED) is 0.531. The zero-order valence-corrected chi connectivity index (χ0v) is 11.2. The maximum Gasteiger partial charge on any atom is 0.216 e. The first-order chi connectivity index (χ1) is 8.43. The van der Waals surface area contributed by atoms with Crippen molar-refractivity contribution in [3.63, 3.8) is 0 Å². The Morgan fingerprint density at radius 1 is 0.882 bits per heavy atom. The molecule has 0 aliphatic carbocycles. The zero-order chi connectivity index (χ0) is 12.2. The number of aromatic nitrogens is 2. The molecule has 0 bridgehead atoms. The minimum Gasteiger partial charge on any atom is -0.428 e. The van der Waals surface area contributed by atoms with Crippen molar-refractivity contribution < 1.29 is 4.42 Å². The highest BCUT2D eigenvalue weighted by atomic mass is 16.4. The van der Waals surface area contributed by atoms with Crippen LogP contribution < -0.4 is 0 Å². The molecule has 3 nitrogen and oxygen atoms in total. The molecule has 0 radical (unpaired) electrons. The van der Waals surface area contributed by atoms with E-state index in [0.29, 0.717) is 0 Å². The molecule has 98 valence electrons. The van der Waals surface area contributed by atoms with Gasteiger partial charge in [0.2, 0.25) is 12.3 Å². The average Bonchev–Trinajstić information content (AvgIpc) is 2.85. The van der Waals surface area contributed by atoms with Crippen LogP contribution in [0.2, 0.25) is 0 Å². The lowest BCUT2D eigenvalue weighted by Gasteiger charge is -2.01. The molecule has 0 fully saturated rings. The van der Waals surface area contributed by atoms with E-state index in [2.05, 4.69) is 17.1 Å². The summed E-state index contributed by atoms with van der Waals surface area (Å²) in [5, 5.41) is 7.54. The summed E-state index contributed by atoms with van der Waals surface area (Å²) in [7, 11) is 0. The minimum absolute atomic E-state index is 0.782. The highest BCUT2D eigenvalue weighted by Gasteiger charge is 1.98. The van der Waals surface area contributed by atoms with Gasteiger partial charge in [-0.3, -0.25) is 0 Å². The van der Waals surface area contributed by atoms with E-state index in [1.54, 1.807) is 0 Å². The predicted molar refractivity (Wildman–Crippen MR) is 69.8 cm³/mol. The second-order valence-corrected chi connectivity index (χ2v) is 4.76. The van der Waals surface area contributed by atoms with Crippen LogP contribution in [0, 0.1) is 0 Å². The van der Waals surface area contributed by atoms with Crippen molar-refractivity contribution in [3.8, 4) is 0 Å². The van der Waals surface area contributed by atoms with Gasteiger partial charge in [-0.05, 0) is 6.42 Å². The molecule has 1 rings (SSSR count). The van der Waals surface area contributed by atoms with Crippen molar-refractivity contribution in [2.75, 3.05) is 0 Å². The number of hydrogen-bond acceptors (Lipinski definition) is 3. The Morgan fingerprint density at radius 3 is 2.00 bits per heavy atom. The monoisotopic (exact) mass is 238 g/mol. The molecule has 1 heterocycles. The first kappa shape index (κ1) is 14.2. The third-order valence-electron chi connectivity index (χ3n) is 3.15. The lowest BCUT2D eigenvalue weighted by atomic mass is 10.1. The molecule has 3 heteroatoms. The summed E-state index contributed by atoms with van der Waals surface area (Å²) in [6.07, 6.45) is 16.0. The molecule has 0 saturated carbocycles. The maximum absolute atomic E-state index is 5.09. The van der Waals surface area contributed by atoms with Crippen LogP contribution in [0.15, 0.2) is 10.8 Å². The summed E-state index contributed by atoms with van der Waals surface area (Å²) in [4.78, 5) is 0. The summed E-state index contributed by atoms with van der Waals surface area (Å²) in [5.74, 6) is 0.782. The zero-order valence-electron chi connectivity index (χ0n) is 11.2. The number of aryl methyl sites for hydroxylation is 1. The largest absolute Gasteiger partial charge is 0.428 e. The fourth-order valence-electron chi connectivity index (χ4n) is 2.07. The summed E-state index contributed by atoms with van der Waals surface area (Å²) >= 11 is 0. The minimum atomic E-state index is 0.782. The van der Waals surface area contributed by atoms with E-state index < -0.39 is 0 Å². The Kier molecular flexibility index (Phi) is 8.61. The van der Waals surface area contributed by atoms with E-state index >= 15 is 0 Å². The number of rotatable bonds is 11. The molecular formula is C14H26N2O. The standard InChI is InChI=1S/C14H26N2O/c1-2-3-4-5-6-7-8-9-10-11-12-14-16-15-13-17-14/h13H,2-12H2,1H3. The summed E-state index contributed by atoms with van der Waals surface area (Å²) < 4.78 is 5.09. The molecular weight excluding hydrogens is 212 g/mol. The van der Waals surface area contributed by atoms with Crippen LogP contribution in [-0.2, 0) is 6.42 Å². The Hall–Kier alpha value is -0.860. The van der Waals surface area contributed by atoms with Gasteiger partial charge in [0.05, 0.1) is 0 Å². The van der Waals surface area contributed by atoms with Crippen molar-refractivity contribution in [3.05, 3.63) is 12.3 Å². The Bertz CT molecular complexity index is 247. The Balaban J connectivity index is 1.76.